The second kappa shape index (κ2) is 13.4. The first-order valence-corrected chi connectivity index (χ1v) is 15.8. The Morgan fingerprint density at radius 2 is 1.56 bits per heavy atom. The molecule has 0 spiro atoms. The Morgan fingerprint density at radius 1 is 0.878 bits per heavy atom. The van der Waals surface area contributed by atoms with Crippen molar-refractivity contribution in [2.75, 3.05) is 13.2 Å². The summed E-state index contributed by atoms with van der Waals surface area (Å²) in [4.78, 5) is 29.4. The summed E-state index contributed by atoms with van der Waals surface area (Å²) in [6, 6.07) is 24.9. The van der Waals surface area contributed by atoms with Gasteiger partial charge in [0, 0.05) is 32.2 Å². The third kappa shape index (κ3) is 8.03. The standard InChI is InChI=1S/C32H37N3O5S/c36-30(20-15-24-13-18-29(19-14-24)41(38,39)34-27-16-17-27)35(23-25-8-3-1-4-9-25)31(26-10-5-2-6-11-26)32(37)33-22-28-12-7-21-40-28/h1-6,8-11,13-14,18-19,27-28,31,34H,7,12,15-17,20-23H2,(H,33,37). The fraction of sp³-hybridized carbons (Fsp3) is 0.375. The molecule has 1 saturated carbocycles. The lowest BCUT2D eigenvalue weighted by Crippen LogP contribution is -2.45. The van der Waals surface area contributed by atoms with E-state index in [9.17, 15) is 18.0 Å². The number of benzene rings is 3. The number of sulfonamides is 1. The van der Waals surface area contributed by atoms with Gasteiger partial charge in [0.1, 0.15) is 6.04 Å². The molecule has 2 unspecified atom stereocenters. The number of amides is 2. The minimum Gasteiger partial charge on any atom is -0.376 e. The van der Waals surface area contributed by atoms with Gasteiger partial charge in [-0.05, 0) is 60.9 Å². The number of hydrogen-bond acceptors (Lipinski definition) is 5. The monoisotopic (exact) mass is 575 g/mol. The second-order valence-electron chi connectivity index (χ2n) is 10.7. The third-order valence-electron chi connectivity index (χ3n) is 7.48. The Kier molecular flexibility index (Phi) is 9.49. The highest BCUT2D eigenvalue weighted by Crippen LogP contribution is 2.26. The Balaban J connectivity index is 1.34. The van der Waals surface area contributed by atoms with Crippen molar-refractivity contribution in [2.45, 2.75) is 68.2 Å². The normalized spacial score (nSPS) is 17.6. The molecule has 1 heterocycles. The van der Waals surface area contributed by atoms with Crippen molar-refractivity contribution in [3.05, 3.63) is 102 Å². The highest BCUT2D eigenvalue weighted by atomic mass is 32.2. The number of nitrogens with zero attached hydrogens (tertiary/aromatic N) is 1. The molecule has 0 aromatic heterocycles. The van der Waals surface area contributed by atoms with Crippen LogP contribution in [0.15, 0.2) is 89.8 Å². The molecule has 0 radical (unpaired) electrons. The molecule has 1 saturated heterocycles. The molecule has 9 heteroatoms. The highest BCUT2D eigenvalue weighted by Gasteiger charge is 2.32. The van der Waals surface area contributed by atoms with E-state index in [1.54, 1.807) is 29.2 Å². The molecule has 3 aromatic carbocycles. The average molecular weight is 576 g/mol. The maximum Gasteiger partial charge on any atom is 0.247 e. The van der Waals surface area contributed by atoms with Crippen molar-refractivity contribution < 1.29 is 22.7 Å². The van der Waals surface area contributed by atoms with E-state index in [0.717, 1.165) is 42.4 Å². The fourth-order valence-electron chi connectivity index (χ4n) is 5.05. The smallest absolute Gasteiger partial charge is 0.247 e. The SMILES string of the molecule is O=C(NCC1CCCO1)C(c1ccccc1)N(Cc1ccccc1)C(=O)CCc1ccc(S(=O)(=O)NC2CC2)cc1. The van der Waals surface area contributed by atoms with Crippen molar-refractivity contribution >= 4 is 21.8 Å². The van der Waals surface area contributed by atoms with Crippen LogP contribution in [0.3, 0.4) is 0 Å². The summed E-state index contributed by atoms with van der Waals surface area (Å²) in [7, 11) is -3.53. The van der Waals surface area contributed by atoms with Gasteiger partial charge in [-0.15, -0.1) is 0 Å². The topological polar surface area (TPSA) is 105 Å². The number of nitrogens with one attached hydrogen (secondary N) is 2. The number of hydrogen-bond donors (Lipinski definition) is 2. The summed E-state index contributed by atoms with van der Waals surface area (Å²) in [5.74, 6) is -0.407. The molecule has 2 N–H and O–H groups in total. The minimum atomic E-state index is -3.53. The largest absolute Gasteiger partial charge is 0.376 e. The van der Waals surface area contributed by atoms with Gasteiger partial charge in [0.15, 0.2) is 0 Å². The van der Waals surface area contributed by atoms with Crippen LogP contribution in [0.2, 0.25) is 0 Å². The van der Waals surface area contributed by atoms with Gasteiger partial charge in [-0.3, -0.25) is 9.59 Å². The molecule has 3 aromatic rings. The van der Waals surface area contributed by atoms with E-state index in [4.69, 9.17) is 4.74 Å². The molecule has 5 rings (SSSR count). The van der Waals surface area contributed by atoms with E-state index in [1.165, 1.54) is 0 Å². The van der Waals surface area contributed by atoms with Gasteiger partial charge in [0.2, 0.25) is 21.8 Å². The molecule has 2 fully saturated rings. The summed E-state index contributed by atoms with van der Waals surface area (Å²) >= 11 is 0. The summed E-state index contributed by atoms with van der Waals surface area (Å²) in [6.07, 6.45) is 4.19. The van der Waals surface area contributed by atoms with E-state index in [0.29, 0.717) is 19.6 Å². The maximum atomic E-state index is 13.9. The van der Waals surface area contributed by atoms with Crippen LogP contribution < -0.4 is 10.0 Å². The molecule has 0 bridgehead atoms. The van der Waals surface area contributed by atoms with Crippen molar-refractivity contribution in [1.29, 1.82) is 0 Å². The minimum absolute atomic E-state index is 0.0140. The van der Waals surface area contributed by atoms with Crippen molar-refractivity contribution in [3.8, 4) is 0 Å². The predicted molar refractivity (Wildman–Crippen MR) is 156 cm³/mol. The number of aryl methyl sites for hydroxylation is 1. The van der Waals surface area contributed by atoms with Gasteiger partial charge in [-0.2, -0.15) is 0 Å². The molecule has 2 amide bonds. The van der Waals surface area contributed by atoms with Gasteiger partial charge in [-0.1, -0.05) is 72.8 Å². The zero-order valence-electron chi connectivity index (χ0n) is 23.1. The van der Waals surface area contributed by atoms with Crippen molar-refractivity contribution in [3.63, 3.8) is 0 Å². The second-order valence-corrected chi connectivity index (χ2v) is 12.5. The van der Waals surface area contributed by atoms with Gasteiger partial charge < -0.3 is 15.0 Å². The first kappa shape index (κ1) is 29.0. The fourth-order valence-corrected chi connectivity index (χ4v) is 6.35. The van der Waals surface area contributed by atoms with Gasteiger partial charge in [-0.25, -0.2) is 13.1 Å². The van der Waals surface area contributed by atoms with Crippen LogP contribution in [0.25, 0.3) is 0 Å². The van der Waals surface area contributed by atoms with Crippen LogP contribution in [-0.4, -0.2) is 50.4 Å². The van der Waals surface area contributed by atoms with E-state index in [-0.39, 0.29) is 41.8 Å². The first-order valence-electron chi connectivity index (χ1n) is 14.3. The molecular formula is C32H37N3O5S. The Labute approximate surface area is 242 Å². The van der Waals surface area contributed by atoms with Crippen LogP contribution in [0.4, 0.5) is 0 Å². The van der Waals surface area contributed by atoms with E-state index < -0.39 is 16.1 Å². The first-order chi connectivity index (χ1) is 19.9. The summed E-state index contributed by atoms with van der Waals surface area (Å²) in [5, 5.41) is 3.04. The summed E-state index contributed by atoms with van der Waals surface area (Å²) in [6.45, 7) is 1.38. The van der Waals surface area contributed by atoms with Gasteiger partial charge >= 0.3 is 0 Å². The maximum absolute atomic E-state index is 13.9. The Bertz CT molecular complexity index is 1400. The van der Waals surface area contributed by atoms with Crippen molar-refractivity contribution in [1.82, 2.24) is 14.9 Å². The quantitative estimate of drug-likeness (QED) is 0.319. The molecule has 216 valence electrons. The highest BCUT2D eigenvalue weighted by molar-refractivity contribution is 7.89. The number of carbonyl (C=O) groups excluding carboxylic acids is 2. The van der Waals surface area contributed by atoms with Crippen molar-refractivity contribution in [2.24, 2.45) is 0 Å². The number of carbonyl (C=O) groups is 2. The molecule has 1 aliphatic carbocycles. The molecule has 1 aliphatic heterocycles. The molecule has 8 nitrogen and oxygen atoms in total. The van der Waals surface area contributed by atoms with Crippen LogP contribution in [-0.2, 0) is 37.3 Å². The van der Waals surface area contributed by atoms with Crippen LogP contribution in [0.1, 0.15) is 54.8 Å². The lowest BCUT2D eigenvalue weighted by molar-refractivity contribution is -0.141. The number of rotatable bonds is 13. The summed E-state index contributed by atoms with van der Waals surface area (Å²) < 4.78 is 33.4. The Morgan fingerprint density at radius 3 is 2.20 bits per heavy atom. The van der Waals surface area contributed by atoms with E-state index in [1.807, 2.05) is 60.7 Å². The van der Waals surface area contributed by atoms with Crippen LogP contribution >= 0.6 is 0 Å². The van der Waals surface area contributed by atoms with Gasteiger partial charge in [0.05, 0.1) is 11.0 Å². The van der Waals surface area contributed by atoms with E-state index in [2.05, 4.69) is 10.0 Å². The van der Waals surface area contributed by atoms with E-state index >= 15 is 0 Å². The molecule has 2 atom stereocenters. The Hall–Kier alpha value is -3.53. The average Bonchev–Trinajstić information content (AvgIpc) is 3.63. The zero-order chi connectivity index (χ0) is 28.7. The predicted octanol–water partition coefficient (Wildman–Crippen LogP) is 4.13. The van der Waals surface area contributed by atoms with Crippen LogP contribution in [0, 0.1) is 0 Å². The summed E-state index contributed by atoms with van der Waals surface area (Å²) in [5.41, 5.74) is 2.51. The van der Waals surface area contributed by atoms with Crippen LogP contribution in [0.5, 0.6) is 0 Å². The zero-order valence-corrected chi connectivity index (χ0v) is 23.9. The molecular weight excluding hydrogens is 538 g/mol. The lowest BCUT2D eigenvalue weighted by atomic mass is 10.0. The third-order valence-corrected chi connectivity index (χ3v) is 9.02. The lowest BCUT2D eigenvalue weighted by Gasteiger charge is -2.32. The number of ether oxygens (including phenoxy) is 1. The van der Waals surface area contributed by atoms with Gasteiger partial charge in [0.25, 0.3) is 0 Å². The molecule has 41 heavy (non-hydrogen) atoms. The molecule has 2 aliphatic rings.